The van der Waals surface area contributed by atoms with Crippen LogP contribution in [0.1, 0.15) is 45.1 Å². The summed E-state index contributed by atoms with van der Waals surface area (Å²) in [6, 6.07) is 7.65. The molecule has 2 aliphatic rings. The van der Waals surface area contributed by atoms with Crippen LogP contribution in [0.25, 0.3) is 0 Å². The number of rotatable bonds is 7. The quantitative estimate of drug-likeness (QED) is 0.695. The van der Waals surface area contributed by atoms with Gasteiger partial charge in [0.05, 0.1) is 0 Å². The monoisotopic (exact) mass is 403 g/mol. The number of piperidine rings is 2. The maximum Gasteiger partial charge on any atom is 0.225 e. The number of amides is 1. The van der Waals surface area contributed by atoms with Crippen molar-refractivity contribution in [3.8, 4) is 0 Å². The summed E-state index contributed by atoms with van der Waals surface area (Å²) < 4.78 is 13.9. The molecule has 1 amide bonds. The Bertz CT molecular complexity index is 657. The van der Waals surface area contributed by atoms with E-state index in [9.17, 15) is 9.18 Å². The van der Waals surface area contributed by atoms with Crippen molar-refractivity contribution in [2.45, 2.75) is 52.0 Å². The molecule has 0 spiro atoms. The van der Waals surface area contributed by atoms with Gasteiger partial charge >= 0.3 is 0 Å². The molecule has 0 saturated carbocycles. The fraction of sp³-hybridized carbons (Fsp3) is 0.708. The van der Waals surface area contributed by atoms with Gasteiger partial charge in [0.15, 0.2) is 0 Å². The van der Waals surface area contributed by atoms with E-state index >= 15 is 0 Å². The van der Waals surface area contributed by atoms with Crippen LogP contribution in [-0.4, -0.2) is 73.0 Å². The van der Waals surface area contributed by atoms with E-state index in [0.717, 1.165) is 70.5 Å². The van der Waals surface area contributed by atoms with Crippen LogP contribution in [0.4, 0.5) is 4.39 Å². The summed E-state index contributed by atoms with van der Waals surface area (Å²) >= 11 is 0. The van der Waals surface area contributed by atoms with Crippen LogP contribution in [-0.2, 0) is 11.2 Å². The van der Waals surface area contributed by atoms with Gasteiger partial charge in [0.25, 0.3) is 0 Å². The molecule has 0 N–H and O–H groups in total. The summed E-state index contributed by atoms with van der Waals surface area (Å²) in [4.78, 5) is 19.8. The fourth-order valence-corrected chi connectivity index (χ4v) is 4.93. The lowest BCUT2D eigenvalue weighted by atomic mass is 9.93. The third kappa shape index (κ3) is 6.26. The number of carbonyl (C=O) groups excluding carboxylic acids is 1. The van der Waals surface area contributed by atoms with Crippen molar-refractivity contribution in [2.24, 2.45) is 11.8 Å². The molecule has 2 fully saturated rings. The van der Waals surface area contributed by atoms with Gasteiger partial charge < -0.3 is 14.7 Å². The molecule has 1 aromatic rings. The molecule has 0 aliphatic carbocycles. The molecule has 1 atom stereocenters. The fourth-order valence-electron chi connectivity index (χ4n) is 4.93. The molecule has 0 aromatic heterocycles. The number of halogens is 1. The first-order valence-electron chi connectivity index (χ1n) is 11.4. The lowest BCUT2D eigenvalue weighted by molar-refractivity contribution is -0.136. The molecule has 0 radical (unpaired) electrons. The van der Waals surface area contributed by atoms with E-state index < -0.39 is 0 Å². The second-order valence-corrected chi connectivity index (χ2v) is 9.27. The predicted molar refractivity (Wildman–Crippen MR) is 116 cm³/mol. The highest BCUT2D eigenvalue weighted by Crippen LogP contribution is 2.23. The van der Waals surface area contributed by atoms with Crippen LogP contribution < -0.4 is 0 Å². The zero-order chi connectivity index (χ0) is 20.8. The minimum atomic E-state index is -0.102. The average Bonchev–Trinajstić information content (AvgIpc) is 2.73. The van der Waals surface area contributed by atoms with Gasteiger partial charge in [-0.05, 0) is 83.1 Å². The van der Waals surface area contributed by atoms with Crippen LogP contribution in [0.2, 0.25) is 0 Å². The van der Waals surface area contributed by atoms with Crippen molar-refractivity contribution in [3.63, 3.8) is 0 Å². The maximum absolute atomic E-state index is 13.9. The van der Waals surface area contributed by atoms with E-state index in [2.05, 4.69) is 23.6 Å². The molecule has 29 heavy (non-hydrogen) atoms. The second-order valence-electron chi connectivity index (χ2n) is 9.27. The molecular weight excluding hydrogens is 365 g/mol. The Morgan fingerprint density at radius 3 is 2.59 bits per heavy atom. The van der Waals surface area contributed by atoms with Crippen LogP contribution in [0.15, 0.2) is 24.3 Å². The second kappa shape index (κ2) is 10.5. The average molecular weight is 404 g/mol. The third-order valence-electron chi connectivity index (χ3n) is 6.78. The van der Waals surface area contributed by atoms with Crippen molar-refractivity contribution in [2.75, 3.05) is 46.3 Å². The molecule has 162 valence electrons. The highest BCUT2D eigenvalue weighted by atomic mass is 19.1. The normalized spacial score (nSPS) is 22.2. The van der Waals surface area contributed by atoms with E-state index in [1.807, 2.05) is 24.1 Å². The van der Waals surface area contributed by atoms with Gasteiger partial charge in [-0.25, -0.2) is 4.39 Å². The Balaban J connectivity index is 1.43. The summed E-state index contributed by atoms with van der Waals surface area (Å²) in [5.74, 6) is 0.941. The smallest absolute Gasteiger partial charge is 0.225 e. The van der Waals surface area contributed by atoms with Crippen molar-refractivity contribution >= 4 is 5.91 Å². The zero-order valence-electron chi connectivity index (χ0n) is 18.4. The Hall–Kier alpha value is -1.46. The van der Waals surface area contributed by atoms with Crippen LogP contribution in [0.3, 0.4) is 0 Å². The Labute approximate surface area is 176 Å². The lowest BCUT2D eigenvalue weighted by Crippen LogP contribution is -2.46. The van der Waals surface area contributed by atoms with Crippen molar-refractivity contribution in [1.29, 1.82) is 0 Å². The molecule has 2 aliphatic heterocycles. The number of hydrogen-bond donors (Lipinski definition) is 0. The van der Waals surface area contributed by atoms with E-state index in [1.165, 1.54) is 6.42 Å². The van der Waals surface area contributed by atoms with Crippen LogP contribution in [0.5, 0.6) is 0 Å². The predicted octanol–water partition coefficient (Wildman–Crippen LogP) is 3.66. The summed E-state index contributed by atoms with van der Waals surface area (Å²) in [6.45, 7) is 10.4. The first-order valence-corrected chi connectivity index (χ1v) is 11.4. The van der Waals surface area contributed by atoms with Gasteiger partial charge in [0, 0.05) is 38.6 Å². The van der Waals surface area contributed by atoms with Gasteiger partial charge in [0.1, 0.15) is 5.82 Å². The first kappa shape index (κ1) is 22.2. The number of benzene rings is 1. The number of nitrogens with zero attached hydrogens (tertiary/aromatic N) is 3. The molecule has 2 heterocycles. The highest BCUT2D eigenvalue weighted by molar-refractivity contribution is 5.78. The molecular formula is C24H38FN3O. The van der Waals surface area contributed by atoms with E-state index in [4.69, 9.17) is 0 Å². The van der Waals surface area contributed by atoms with Gasteiger partial charge in [-0.3, -0.25) is 4.79 Å². The molecule has 0 unspecified atom stereocenters. The van der Waals surface area contributed by atoms with Crippen molar-refractivity contribution < 1.29 is 9.18 Å². The Morgan fingerprint density at radius 2 is 1.90 bits per heavy atom. The largest absolute Gasteiger partial charge is 0.345 e. The summed E-state index contributed by atoms with van der Waals surface area (Å²) in [5, 5.41) is 0. The molecule has 4 nitrogen and oxygen atoms in total. The van der Waals surface area contributed by atoms with E-state index in [0.29, 0.717) is 17.9 Å². The third-order valence-corrected chi connectivity index (χ3v) is 6.78. The molecule has 3 rings (SSSR count). The van der Waals surface area contributed by atoms with E-state index in [1.54, 1.807) is 12.1 Å². The zero-order valence-corrected chi connectivity index (χ0v) is 18.4. The minimum Gasteiger partial charge on any atom is -0.345 e. The molecule has 5 heteroatoms. The highest BCUT2D eigenvalue weighted by Gasteiger charge is 2.29. The first-order chi connectivity index (χ1) is 13.9. The van der Waals surface area contributed by atoms with Crippen LogP contribution >= 0.6 is 0 Å². The number of carbonyl (C=O) groups is 1. The number of hydrogen-bond acceptors (Lipinski definition) is 3. The minimum absolute atomic E-state index is 0.102. The standard InChI is InChI=1S/C24H38FN3O/c1-19(2)28-15-11-22(12-16-28)24(29)26(3)17-20-7-6-13-27(18-20)14-10-21-8-4-5-9-23(21)25/h4-5,8-9,19-20,22H,6-7,10-18H2,1-3H3/t20-/m0/s1. The molecule has 2 saturated heterocycles. The van der Waals surface area contributed by atoms with Gasteiger partial charge in [0.2, 0.25) is 5.91 Å². The topological polar surface area (TPSA) is 26.8 Å². The summed E-state index contributed by atoms with van der Waals surface area (Å²) in [7, 11) is 1.98. The Morgan fingerprint density at radius 1 is 1.17 bits per heavy atom. The molecule has 1 aromatic carbocycles. The van der Waals surface area contributed by atoms with Crippen LogP contribution in [0, 0.1) is 17.7 Å². The van der Waals surface area contributed by atoms with Gasteiger partial charge in [-0.1, -0.05) is 18.2 Å². The molecule has 0 bridgehead atoms. The van der Waals surface area contributed by atoms with Gasteiger partial charge in [-0.2, -0.15) is 0 Å². The van der Waals surface area contributed by atoms with Crippen molar-refractivity contribution in [3.05, 3.63) is 35.6 Å². The van der Waals surface area contributed by atoms with Crippen molar-refractivity contribution in [1.82, 2.24) is 14.7 Å². The Kier molecular flexibility index (Phi) is 8.07. The van der Waals surface area contributed by atoms with E-state index in [-0.39, 0.29) is 11.7 Å². The lowest BCUT2D eigenvalue weighted by Gasteiger charge is -2.37. The number of likely N-dealkylation sites (tertiary alicyclic amines) is 2. The van der Waals surface area contributed by atoms with Gasteiger partial charge in [-0.15, -0.1) is 0 Å². The summed E-state index contributed by atoms with van der Waals surface area (Å²) in [6.07, 6.45) is 5.07. The summed E-state index contributed by atoms with van der Waals surface area (Å²) in [5.41, 5.74) is 0.801. The SMILES string of the molecule is CC(C)N1CCC(C(=O)N(C)C[C@@H]2CCCN(CCc3ccccc3F)C2)CC1. The maximum atomic E-state index is 13.9.